The van der Waals surface area contributed by atoms with Crippen molar-refractivity contribution >= 4 is 51.4 Å². The van der Waals surface area contributed by atoms with Gasteiger partial charge in [-0.25, -0.2) is 4.79 Å². The first-order valence-electron chi connectivity index (χ1n) is 7.61. The summed E-state index contributed by atoms with van der Waals surface area (Å²) < 4.78 is 3.88. The first-order valence-corrected chi connectivity index (χ1v) is 9.19. The maximum Gasteiger partial charge on any atom is 0.341 e. The lowest BCUT2D eigenvalue weighted by atomic mass is 9.88. The van der Waals surface area contributed by atoms with Crippen molar-refractivity contribution in [1.82, 2.24) is 0 Å². The van der Waals surface area contributed by atoms with Gasteiger partial charge in [-0.15, -0.1) is 34.5 Å². The molecular formula is C16H19Cl2NO3S. The summed E-state index contributed by atoms with van der Waals surface area (Å²) in [6, 6.07) is 0. The van der Waals surface area contributed by atoms with Crippen molar-refractivity contribution in [2.45, 2.75) is 43.9 Å². The molecule has 1 aromatic rings. The fourth-order valence-electron chi connectivity index (χ4n) is 3.04. The highest BCUT2D eigenvalue weighted by molar-refractivity contribution is 7.17. The third-order valence-electron chi connectivity index (χ3n) is 4.89. The number of carbonyl (C=O) groups excluding carboxylic acids is 2. The predicted molar refractivity (Wildman–Crippen MR) is 92.6 cm³/mol. The molecule has 2 aliphatic rings. The van der Waals surface area contributed by atoms with E-state index in [4.69, 9.17) is 27.9 Å². The predicted octanol–water partition coefficient (Wildman–Crippen LogP) is 4.18. The number of carbonyl (C=O) groups is 2. The number of rotatable bonds is 3. The molecule has 1 saturated carbocycles. The maximum atomic E-state index is 12.5. The van der Waals surface area contributed by atoms with Crippen LogP contribution >= 0.6 is 34.5 Å². The van der Waals surface area contributed by atoms with Crippen molar-refractivity contribution in [3.63, 3.8) is 0 Å². The van der Waals surface area contributed by atoms with Gasteiger partial charge in [0.1, 0.15) is 9.33 Å². The Balaban J connectivity index is 1.93. The lowest BCUT2D eigenvalue weighted by molar-refractivity contribution is -0.120. The molecule has 0 spiro atoms. The summed E-state index contributed by atoms with van der Waals surface area (Å²) in [6.07, 6.45) is 3.20. The molecule has 0 saturated heterocycles. The van der Waals surface area contributed by atoms with Crippen LogP contribution in [0.2, 0.25) is 0 Å². The summed E-state index contributed by atoms with van der Waals surface area (Å²) in [5.74, 6) is -0.0786. The number of amides is 1. The molecule has 1 fully saturated rings. The van der Waals surface area contributed by atoms with E-state index in [1.54, 1.807) is 6.92 Å². The minimum atomic E-state index is -1.03. The molecule has 1 amide bonds. The first-order chi connectivity index (χ1) is 10.7. The zero-order valence-electron chi connectivity index (χ0n) is 13.3. The van der Waals surface area contributed by atoms with Gasteiger partial charge in [-0.05, 0) is 44.1 Å². The maximum absolute atomic E-state index is 12.5. The van der Waals surface area contributed by atoms with Gasteiger partial charge in [-0.3, -0.25) is 4.79 Å². The molecule has 0 radical (unpaired) electrons. The molecule has 23 heavy (non-hydrogen) atoms. The monoisotopic (exact) mass is 375 g/mol. The van der Waals surface area contributed by atoms with Gasteiger partial charge in [0, 0.05) is 4.88 Å². The molecule has 3 rings (SSSR count). The fourth-order valence-corrected chi connectivity index (χ4v) is 5.14. The van der Waals surface area contributed by atoms with Gasteiger partial charge in [0.25, 0.3) is 0 Å². The smallest absolute Gasteiger partial charge is 0.341 e. The van der Waals surface area contributed by atoms with E-state index < -0.39 is 15.7 Å². The highest BCUT2D eigenvalue weighted by Gasteiger charge is 2.68. The van der Waals surface area contributed by atoms with Gasteiger partial charge < -0.3 is 10.1 Å². The second-order valence-corrected chi connectivity index (χ2v) is 9.30. The van der Waals surface area contributed by atoms with Gasteiger partial charge in [0.05, 0.1) is 18.1 Å². The van der Waals surface area contributed by atoms with Crippen molar-refractivity contribution in [3.8, 4) is 0 Å². The van der Waals surface area contributed by atoms with E-state index in [1.165, 1.54) is 18.4 Å². The molecule has 2 atom stereocenters. The molecular weight excluding hydrogens is 357 g/mol. The highest BCUT2D eigenvalue weighted by atomic mass is 35.5. The Morgan fingerprint density at radius 2 is 2.04 bits per heavy atom. The molecule has 126 valence electrons. The van der Waals surface area contributed by atoms with Crippen LogP contribution in [0.3, 0.4) is 0 Å². The standard InChI is InChI=1S/C16H19Cl2NO3S/c1-8-4-5-9-10(6-8)23-12(11(9)13(20)22-3)19-14(21)15(2)7-16(15,17)18/h8H,4-7H2,1-3H3,(H,19,21)/t8-,15+/m1/s1. The van der Waals surface area contributed by atoms with Gasteiger partial charge >= 0.3 is 5.97 Å². The topological polar surface area (TPSA) is 55.4 Å². The number of nitrogens with one attached hydrogen (secondary N) is 1. The first kappa shape index (κ1) is 17.1. The molecule has 0 aromatic carbocycles. The summed E-state index contributed by atoms with van der Waals surface area (Å²) in [7, 11) is 1.36. The number of halogens is 2. The molecule has 0 bridgehead atoms. The second kappa shape index (κ2) is 5.64. The van der Waals surface area contributed by atoms with E-state index in [0.29, 0.717) is 22.9 Å². The Labute approximate surface area is 149 Å². The normalized spacial score (nSPS) is 28.0. The zero-order valence-corrected chi connectivity index (χ0v) is 15.6. The van der Waals surface area contributed by atoms with Crippen molar-refractivity contribution < 1.29 is 14.3 Å². The number of anilines is 1. The van der Waals surface area contributed by atoms with Crippen molar-refractivity contribution in [1.29, 1.82) is 0 Å². The number of methoxy groups -OCH3 is 1. The summed E-state index contributed by atoms with van der Waals surface area (Å²) in [4.78, 5) is 25.9. The van der Waals surface area contributed by atoms with E-state index in [-0.39, 0.29) is 5.91 Å². The van der Waals surface area contributed by atoms with Crippen molar-refractivity contribution in [2.75, 3.05) is 12.4 Å². The molecule has 1 aromatic heterocycles. The Bertz CT molecular complexity index is 685. The van der Waals surface area contributed by atoms with Gasteiger partial charge in [-0.2, -0.15) is 0 Å². The van der Waals surface area contributed by atoms with Gasteiger partial charge in [0.15, 0.2) is 0 Å². The average molecular weight is 376 g/mol. The van der Waals surface area contributed by atoms with Crippen LogP contribution in [-0.4, -0.2) is 23.3 Å². The second-order valence-electron chi connectivity index (χ2n) is 6.71. The number of fused-ring (bicyclic) bond motifs is 1. The molecule has 1 heterocycles. The number of thiophene rings is 1. The SMILES string of the molecule is COC(=O)c1c(NC(=O)[C@]2(C)CC2(Cl)Cl)sc2c1CC[C@@H](C)C2. The lowest BCUT2D eigenvalue weighted by Crippen LogP contribution is -2.26. The van der Waals surface area contributed by atoms with Crippen LogP contribution in [0.4, 0.5) is 5.00 Å². The Hall–Kier alpha value is -0.780. The quantitative estimate of drug-likeness (QED) is 0.636. The van der Waals surface area contributed by atoms with Crippen LogP contribution in [0.15, 0.2) is 0 Å². The van der Waals surface area contributed by atoms with Crippen LogP contribution in [0.5, 0.6) is 0 Å². The largest absolute Gasteiger partial charge is 0.465 e. The molecule has 0 aliphatic heterocycles. The average Bonchev–Trinajstić information content (AvgIpc) is 2.84. The Kier molecular flexibility index (Phi) is 4.18. The summed E-state index contributed by atoms with van der Waals surface area (Å²) in [5, 5.41) is 3.42. The number of hydrogen-bond acceptors (Lipinski definition) is 4. The molecule has 4 nitrogen and oxygen atoms in total. The van der Waals surface area contributed by atoms with Crippen LogP contribution in [0, 0.1) is 11.3 Å². The third kappa shape index (κ3) is 2.77. The molecule has 1 N–H and O–H groups in total. The Morgan fingerprint density at radius 1 is 1.39 bits per heavy atom. The number of ether oxygens (including phenoxy) is 1. The minimum Gasteiger partial charge on any atom is -0.465 e. The van der Waals surface area contributed by atoms with Crippen LogP contribution in [-0.2, 0) is 22.4 Å². The molecule has 2 aliphatic carbocycles. The lowest BCUT2D eigenvalue weighted by Gasteiger charge is -2.18. The zero-order chi connectivity index (χ0) is 17.0. The summed E-state index contributed by atoms with van der Waals surface area (Å²) in [6.45, 7) is 3.93. The van der Waals surface area contributed by atoms with Crippen LogP contribution in [0.25, 0.3) is 0 Å². The molecule has 0 unspecified atom stereocenters. The number of esters is 1. The highest BCUT2D eigenvalue weighted by Crippen LogP contribution is 2.64. The minimum absolute atomic E-state index is 0.251. The van der Waals surface area contributed by atoms with Crippen molar-refractivity contribution in [2.24, 2.45) is 11.3 Å². The number of hydrogen-bond donors (Lipinski definition) is 1. The molecule has 7 heteroatoms. The summed E-state index contributed by atoms with van der Waals surface area (Å²) in [5.41, 5.74) is 0.687. The number of alkyl halides is 2. The van der Waals surface area contributed by atoms with Crippen LogP contribution in [0.1, 0.15) is 47.5 Å². The Morgan fingerprint density at radius 3 is 2.61 bits per heavy atom. The van der Waals surface area contributed by atoms with Gasteiger partial charge in [-0.1, -0.05) is 6.92 Å². The van der Waals surface area contributed by atoms with E-state index in [2.05, 4.69) is 12.2 Å². The fraction of sp³-hybridized carbons (Fsp3) is 0.625. The van der Waals surface area contributed by atoms with E-state index in [9.17, 15) is 9.59 Å². The summed E-state index contributed by atoms with van der Waals surface area (Å²) >= 11 is 13.6. The van der Waals surface area contributed by atoms with E-state index >= 15 is 0 Å². The van der Waals surface area contributed by atoms with E-state index in [1.807, 2.05) is 0 Å². The van der Waals surface area contributed by atoms with Crippen LogP contribution < -0.4 is 5.32 Å². The van der Waals surface area contributed by atoms with Crippen molar-refractivity contribution in [3.05, 3.63) is 16.0 Å². The third-order valence-corrected chi connectivity index (χ3v) is 7.16. The van der Waals surface area contributed by atoms with E-state index in [0.717, 1.165) is 29.7 Å². The van der Waals surface area contributed by atoms with Gasteiger partial charge in [0.2, 0.25) is 5.91 Å².